The van der Waals surface area contributed by atoms with Gasteiger partial charge in [-0.05, 0) is 56.1 Å². The molecule has 0 aliphatic heterocycles. The van der Waals surface area contributed by atoms with E-state index in [9.17, 15) is 21.6 Å². The smallest absolute Gasteiger partial charge is 0.378 e. The normalized spacial score (nSPS) is 12.4. The topological polar surface area (TPSA) is 43.4 Å². The molecule has 114 valence electrons. The Hall–Kier alpha value is -0.580. The average Bonchev–Trinajstić information content (AvgIpc) is 2.68. The van der Waals surface area contributed by atoms with Gasteiger partial charge in [0.15, 0.2) is 4.21 Å². The molecule has 0 aliphatic carbocycles. The molecular weight excluding hydrogens is 461 g/mol. The van der Waals surface area contributed by atoms with Crippen LogP contribution >= 0.6 is 43.2 Å². The van der Waals surface area contributed by atoms with Crippen LogP contribution in [0.2, 0.25) is 0 Å². The van der Waals surface area contributed by atoms with Crippen molar-refractivity contribution in [3.05, 3.63) is 44.2 Å². The standard InChI is InChI=1S/C11H5Br2F3O3S2/c12-8-5-9(13)20-10(8)21(17,18)19-7-3-1-2-6(4-7)11(14,15)16/h1-5H. The first-order valence-corrected chi connectivity index (χ1v) is 8.97. The predicted octanol–water partition coefficient (Wildman–Crippen LogP) is 5.06. The second kappa shape index (κ2) is 5.90. The van der Waals surface area contributed by atoms with Crippen LogP contribution in [0.1, 0.15) is 5.56 Å². The van der Waals surface area contributed by atoms with Crippen LogP contribution < -0.4 is 4.18 Å². The summed E-state index contributed by atoms with van der Waals surface area (Å²) in [5.74, 6) is -0.402. The van der Waals surface area contributed by atoms with Crippen LogP contribution in [-0.2, 0) is 16.3 Å². The quantitative estimate of drug-likeness (QED) is 0.595. The molecule has 10 heteroatoms. The molecule has 2 aromatic rings. The molecule has 0 spiro atoms. The summed E-state index contributed by atoms with van der Waals surface area (Å²) in [5.41, 5.74) is -0.985. The molecule has 1 aromatic heterocycles. The van der Waals surface area contributed by atoms with Crippen molar-refractivity contribution in [2.45, 2.75) is 10.4 Å². The summed E-state index contributed by atoms with van der Waals surface area (Å²) in [6, 6.07) is 5.19. The maximum Gasteiger partial charge on any atom is 0.416 e. The summed E-state index contributed by atoms with van der Waals surface area (Å²) in [7, 11) is -4.21. The number of hydrogen-bond donors (Lipinski definition) is 0. The minimum absolute atomic E-state index is 0.133. The van der Waals surface area contributed by atoms with Crippen LogP contribution in [0.3, 0.4) is 0 Å². The van der Waals surface area contributed by atoms with Crippen molar-refractivity contribution in [1.29, 1.82) is 0 Å². The molecule has 21 heavy (non-hydrogen) atoms. The number of rotatable bonds is 3. The summed E-state index contributed by atoms with van der Waals surface area (Å²) in [4.78, 5) is 0. The van der Waals surface area contributed by atoms with E-state index in [4.69, 9.17) is 4.18 Å². The van der Waals surface area contributed by atoms with Gasteiger partial charge in [-0.15, -0.1) is 11.3 Å². The lowest BCUT2D eigenvalue weighted by atomic mass is 10.2. The van der Waals surface area contributed by atoms with Crippen LogP contribution in [-0.4, -0.2) is 8.42 Å². The van der Waals surface area contributed by atoms with Crippen molar-refractivity contribution >= 4 is 53.3 Å². The van der Waals surface area contributed by atoms with Gasteiger partial charge >= 0.3 is 16.3 Å². The second-order valence-electron chi connectivity index (χ2n) is 3.75. The Morgan fingerprint density at radius 1 is 1.14 bits per heavy atom. The van der Waals surface area contributed by atoms with Crippen molar-refractivity contribution in [1.82, 2.24) is 0 Å². The molecular formula is C11H5Br2F3O3S2. The van der Waals surface area contributed by atoms with Gasteiger partial charge in [-0.1, -0.05) is 6.07 Å². The van der Waals surface area contributed by atoms with E-state index in [0.29, 0.717) is 9.85 Å². The molecule has 3 nitrogen and oxygen atoms in total. The third-order valence-electron chi connectivity index (χ3n) is 2.22. The lowest BCUT2D eigenvalue weighted by Crippen LogP contribution is -2.10. The number of alkyl halides is 3. The van der Waals surface area contributed by atoms with Crippen molar-refractivity contribution < 1.29 is 25.8 Å². The summed E-state index contributed by atoms with van der Waals surface area (Å²) in [6.45, 7) is 0. The monoisotopic (exact) mass is 464 g/mol. The molecule has 0 amide bonds. The Labute approximate surface area is 139 Å². The van der Waals surface area contributed by atoms with Crippen LogP contribution in [0.15, 0.2) is 42.8 Å². The first-order chi connectivity index (χ1) is 9.59. The molecule has 0 unspecified atom stereocenters. The number of benzene rings is 1. The van der Waals surface area contributed by atoms with Crippen molar-refractivity contribution in [2.75, 3.05) is 0 Å². The summed E-state index contributed by atoms with van der Waals surface area (Å²) in [6.07, 6.45) is -4.57. The molecule has 0 bridgehead atoms. The molecule has 0 saturated carbocycles. The van der Waals surface area contributed by atoms with E-state index in [1.807, 2.05) is 0 Å². The highest BCUT2D eigenvalue weighted by Gasteiger charge is 2.31. The fraction of sp³-hybridized carbons (Fsp3) is 0.0909. The fourth-order valence-electron chi connectivity index (χ4n) is 1.38. The largest absolute Gasteiger partial charge is 0.416 e. The van der Waals surface area contributed by atoms with Crippen molar-refractivity contribution in [3.8, 4) is 5.75 Å². The Bertz CT molecular complexity index is 769. The SMILES string of the molecule is O=S(=O)(Oc1cccc(C(F)(F)F)c1)c1sc(Br)cc1Br. The van der Waals surface area contributed by atoms with E-state index >= 15 is 0 Å². The van der Waals surface area contributed by atoms with Gasteiger partial charge in [0.25, 0.3) is 0 Å². The van der Waals surface area contributed by atoms with Crippen LogP contribution in [0.25, 0.3) is 0 Å². The van der Waals surface area contributed by atoms with Gasteiger partial charge in [0.05, 0.1) is 13.8 Å². The lowest BCUT2D eigenvalue weighted by Gasteiger charge is -2.09. The summed E-state index contributed by atoms with van der Waals surface area (Å²) in [5, 5.41) is 0. The first kappa shape index (κ1) is 16.8. The predicted molar refractivity (Wildman–Crippen MR) is 79.0 cm³/mol. The molecule has 1 heterocycles. The minimum atomic E-state index is -4.57. The van der Waals surface area contributed by atoms with Crippen molar-refractivity contribution in [2.24, 2.45) is 0 Å². The zero-order chi connectivity index (χ0) is 15.8. The van der Waals surface area contributed by atoms with Crippen LogP contribution in [0, 0.1) is 0 Å². The highest BCUT2D eigenvalue weighted by atomic mass is 79.9. The van der Waals surface area contributed by atoms with E-state index in [-0.39, 0.29) is 8.68 Å². The third kappa shape index (κ3) is 3.99. The van der Waals surface area contributed by atoms with Gasteiger partial charge in [-0.3, -0.25) is 0 Å². The second-order valence-corrected chi connectivity index (χ2v) is 8.78. The van der Waals surface area contributed by atoms with Gasteiger partial charge in [0.2, 0.25) is 0 Å². The van der Waals surface area contributed by atoms with E-state index in [0.717, 1.165) is 29.5 Å². The maximum atomic E-state index is 12.6. The summed E-state index contributed by atoms with van der Waals surface area (Å²) >= 11 is 7.06. The number of hydrogen-bond acceptors (Lipinski definition) is 4. The maximum absolute atomic E-state index is 12.6. The molecule has 0 aliphatic rings. The molecule has 0 N–H and O–H groups in total. The third-order valence-corrected chi connectivity index (χ3v) is 6.75. The van der Waals surface area contributed by atoms with E-state index in [2.05, 4.69) is 31.9 Å². The fourth-order valence-corrected chi connectivity index (χ4v) is 5.97. The summed E-state index contributed by atoms with van der Waals surface area (Å²) < 4.78 is 67.3. The molecule has 0 fully saturated rings. The van der Waals surface area contributed by atoms with Gasteiger partial charge in [-0.25, -0.2) is 0 Å². The molecule has 0 saturated heterocycles. The zero-order valence-corrected chi connectivity index (χ0v) is 14.6. The molecule has 2 rings (SSSR count). The molecule has 1 aromatic carbocycles. The Kier molecular flexibility index (Phi) is 4.72. The van der Waals surface area contributed by atoms with Gasteiger partial charge in [0, 0.05) is 0 Å². The highest BCUT2D eigenvalue weighted by Crippen LogP contribution is 2.37. The Morgan fingerprint density at radius 2 is 1.81 bits per heavy atom. The number of thiophene rings is 1. The Balaban J connectivity index is 2.36. The van der Waals surface area contributed by atoms with Crippen LogP contribution in [0.4, 0.5) is 13.2 Å². The molecule has 0 atom stereocenters. The van der Waals surface area contributed by atoms with Gasteiger partial charge in [-0.2, -0.15) is 21.6 Å². The highest BCUT2D eigenvalue weighted by molar-refractivity contribution is 9.11. The minimum Gasteiger partial charge on any atom is -0.378 e. The van der Waals surface area contributed by atoms with E-state index < -0.39 is 27.6 Å². The Morgan fingerprint density at radius 3 is 2.33 bits per heavy atom. The first-order valence-electron chi connectivity index (χ1n) is 5.16. The lowest BCUT2D eigenvalue weighted by molar-refractivity contribution is -0.137. The van der Waals surface area contributed by atoms with Gasteiger partial charge in [0.1, 0.15) is 5.75 Å². The van der Waals surface area contributed by atoms with Gasteiger partial charge < -0.3 is 4.18 Å². The van der Waals surface area contributed by atoms with E-state index in [1.165, 1.54) is 6.07 Å². The zero-order valence-electron chi connectivity index (χ0n) is 9.82. The van der Waals surface area contributed by atoms with Crippen LogP contribution in [0.5, 0.6) is 5.75 Å². The average molecular weight is 466 g/mol. The van der Waals surface area contributed by atoms with E-state index in [1.54, 1.807) is 0 Å². The molecule has 0 radical (unpaired) electrons. The number of halogens is 5. The van der Waals surface area contributed by atoms with Crippen molar-refractivity contribution in [3.63, 3.8) is 0 Å².